The summed E-state index contributed by atoms with van der Waals surface area (Å²) in [4.78, 5) is 15.8. The van der Waals surface area contributed by atoms with Crippen LogP contribution in [0.2, 0.25) is 0 Å². The third-order valence-corrected chi connectivity index (χ3v) is 5.35. The lowest BCUT2D eigenvalue weighted by molar-refractivity contribution is -0.179. The number of pyridine rings is 1. The average molecular weight is 326 g/mol. The van der Waals surface area contributed by atoms with E-state index in [0.717, 1.165) is 24.2 Å². The van der Waals surface area contributed by atoms with Crippen molar-refractivity contribution >= 4 is 22.7 Å². The van der Waals surface area contributed by atoms with Crippen molar-refractivity contribution in [1.82, 2.24) is 4.98 Å². The number of aliphatic carboxylic acids is 1. The fourth-order valence-electron chi connectivity index (χ4n) is 4.08. The first kappa shape index (κ1) is 15.4. The van der Waals surface area contributed by atoms with E-state index < -0.39 is 5.97 Å². The van der Waals surface area contributed by atoms with Gasteiger partial charge in [-0.1, -0.05) is 18.2 Å². The molecule has 1 aromatic heterocycles. The standard InChI is InChI=1S/C19H22N2O3/c1-12-8-17(21-16-5-3-2-4-15(12)16)20-14-6-7-24-19(11-14)9-13(10-19)18(22)23/h2-5,8,13-14H,6-7,9-11H2,1H3,(H,20,21)(H,22,23). The van der Waals surface area contributed by atoms with E-state index in [1.807, 2.05) is 18.2 Å². The molecule has 1 atom stereocenters. The Morgan fingerprint density at radius 2 is 2.12 bits per heavy atom. The van der Waals surface area contributed by atoms with E-state index in [0.29, 0.717) is 19.4 Å². The van der Waals surface area contributed by atoms with Crippen molar-refractivity contribution in [2.75, 3.05) is 11.9 Å². The summed E-state index contributed by atoms with van der Waals surface area (Å²) in [6, 6.07) is 10.5. The zero-order valence-corrected chi connectivity index (χ0v) is 13.8. The topological polar surface area (TPSA) is 71.5 Å². The summed E-state index contributed by atoms with van der Waals surface area (Å²) >= 11 is 0. The van der Waals surface area contributed by atoms with Crippen LogP contribution in [0, 0.1) is 12.8 Å². The molecule has 2 aromatic rings. The van der Waals surface area contributed by atoms with Gasteiger partial charge < -0.3 is 15.2 Å². The van der Waals surface area contributed by atoms with Crippen molar-refractivity contribution in [3.05, 3.63) is 35.9 Å². The van der Waals surface area contributed by atoms with Crippen LogP contribution in [0.25, 0.3) is 10.9 Å². The summed E-state index contributed by atoms with van der Waals surface area (Å²) < 4.78 is 5.92. The predicted octanol–water partition coefficient (Wildman–Crippen LogP) is 3.37. The van der Waals surface area contributed by atoms with Crippen LogP contribution in [0.4, 0.5) is 5.82 Å². The summed E-state index contributed by atoms with van der Waals surface area (Å²) in [5, 5.41) is 13.8. The molecule has 5 nitrogen and oxygen atoms in total. The number of fused-ring (bicyclic) bond motifs is 1. The van der Waals surface area contributed by atoms with Gasteiger partial charge in [-0.05, 0) is 50.3 Å². The first-order valence-corrected chi connectivity index (χ1v) is 8.54. The van der Waals surface area contributed by atoms with Gasteiger partial charge in [-0.2, -0.15) is 0 Å². The number of hydrogen-bond acceptors (Lipinski definition) is 4. The van der Waals surface area contributed by atoms with Crippen LogP contribution >= 0.6 is 0 Å². The van der Waals surface area contributed by atoms with Crippen molar-refractivity contribution in [1.29, 1.82) is 0 Å². The minimum absolute atomic E-state index is 0.245. The van der Waals surface area contributed by atoms with Crippen molar-refractivity contribution in [3.63, 3.8) is 0 Å². The van der Waals surface area contributed by atoms with Gasteiger partial charge in [0.15, 0.2) is 0 Å². The molecule has 4 rings (SSSR count). The molecule has 1 unspecified atom stereocenters. The zero-order valence-electron chi connectivity index (χ0n) is 13.8. The highest BCUT2D eigenvalue weighted by atomic mass is 16.5. The van der Waals surface area contributed by atoms with Gasteiger partial charge in [0.1, 0.15) is 5.82 Å². The molecule has 1 aliphatic carbocycles. The van der Waals surface area contributed by atoms with Gasteiger partial charge in [0, 0.05) is 18.0 Å². The first-order chi connectivity index (χ1) is 11.5. The predicted molar refractivity (Wildman–Crippen MR) is 92.2 cm³/mol. The quantitative estimate of drug-likeness (QED) is 0.905. The highest BCUT2D eigenvalue weighted by Crippen LogP contribution is 2.46. The van der Waals surface area contributed by atoms with Gasteiger partial charge in [-0.25, -0.2) is 4.98 Å². The normalized spacial score (nSPS) is 29.4. The molecule has 0 amide bonds. The summed E-state index contributed by atoms with van der Waals surface area (Å²) in [5.74, 6) is -0.0572. The Balaban J connectivity index is 1.48. The molecular formula is C19H22N2O3. The van der Waals surface area contributed by atoms with Crippen molar-refractivity contribution < 1.29 is 14.6 Å². The van der Waals surface area contributed by atoms with Crippen LogP contribution in [-0.2, 0) is 9.53 Å². The fraction of sp³-hybridized carbons (Fsp3) is 0.474. The molecule has 0 bridgehead atoms. The molecule has 1 saturated carbocycles. The van der Waals surface area contributed by atoms with Crippen molar-refractivity contribution in [2.45, 2.75) is 44.2 Å². The molecular weight excluding hydrogens is 304 g/mol. The van der Waals surface area contributed by atoms with Gasteiger partial charge in [0.2, 0.25) is 0 Å². The smallest absolute Gasteiger partial charge is 0.306 e. The number of aromatic nitrogens is 1. The van der Waals surface area contributed by atoms with Gasteiger partial charge in [-0.3, -0.25) is 4.79 Å². The van der Waals surface area contributed by atoms with E-state index >= 15 is 0 Å². The number of para-hydroxylation sites is 1. The van der Waals surface area contributed by atoms with Gasteiger partial charge >= 0.3 is 5.97 Å². The van der Waals surface area contributed by atoms with Crippen LogP contribution < -0.4 is 5.32 Å². The van der Waals surface area contributed by atoms with Crippen LogP contribution in [0.1, 0.15) is 31.2 Å². The lowest BCUT2D eigenvalue weighted by Crippen LogP contribution is -2.54. The Kier molecular flexibility index (Phi) is 3.68. The number of benzene rings is 1. The molecule has 2 N–H and O–H groups in total. The van der Waals surface area contributed by atoms with Crippen molar-refractivity contribution in [2.24, 2.45) is 5.92 Å². The minimum atomic E-state index is -0.703. The Bertz CT molecular complexity index is 783. The van der Waals surface area contributed by atoms with E-state index in [1.165, 1.54) is 10.9 Å². The Morgan fingerprint density at radius 3 is 2.92 bits per heavy atom. The molecule has 0 radical (unpaired) electrons. The number of carboxylic acids is 1. The first-order valence-electron chi connectivity index (χ1n) is 8.54. The van der Waals surface area contributed by atoms with E-state index in [9.17, 15) is 4.79 Å². The van der Waals surface area contributed by atoms with Gasteiger partial charge in [0.05, 0.1) is 17.0 Å². The maximum atomic E-state index is 11.1. The van der Waals surface area contributed by atoms with E-state index in [4.69, 9.17) is 14.8 Å². The molecule has 1 spiro atoms. The number of anilines is 1. The van der Waals surface area contributed by atoms with Gasteiger partial charge in [-0.15, -0.1) is 0 Å². The monoisotopic (exact) mass is 326 g/mol. The van der Waals surface area contributed by atoms with Crippen LogP contribution in [0.3, 0.4) is 0 Å². The van der Waals surface area contributed by atoms with E-state index in [1.54, 1.807) is 0 Å². The Morgan fingerprint density at radius 1 is 1.33 bits per heavy atom. The van der Waals surface area contributed by atoms with E-state index in [-0.39, 0.29) is 17.6 Å². The minimum Gasteiger partial charge on any atom is -0.481 e. The molecule has 1 saturated heterocycles. The molecule has 126 valence electrons. The third-order valence-electron chi connectivity index (χ3n) is 5.35. The summed E-state index contributed by atoms with van der Waals surface area (Å²) in [7, 11) is 0. The van der Waals surface area contributed by atoms with Crippen LogP contribution in [0.15, 0.2) is 30.3 Å². The largest absolute Gasteiger partial charge is 0.481 e. The SMILES string of the molecule is Cc1cc(NC2CCOC3(C2)CC(C(=O)O)C3)nc2ccccc12. The van der Waals surface area contributed by atoms with Gasteiger partial charge in [0.25, 0.3) is 0 Å². The molecule has 1 aliphatic heterocycles. The molecule has 24 heavy (non-hydrogen) atoms. The molecule has 5 heteroatoms. The van der Waals surface area contributed by atoms with Crippen molar-refractivity contribution in [3.8, 4) is 0 Å². The summed E-state index contributed by atoms with van der Waals surface area (Å²) in [6.45, 7) is 2.78. The van der Waals surface area contributed by atoms with Crippen LogP contribution in [-0.4, -0.2) is 34.3 Å². The number of carboxylic acid groups (broad SMARTS) is 1. The molecule has 2 heterocycles. The fourth-order valence-corrected chi connectivity index (χ4v) is 4.08. The Labute approximate surface area is 141 Å². The lowest BCUT2D eigenvalue weighted by Gasteiger charge is -2.50. The summed E-state index contributed by atoms with van der Waals surface area (Å²) in [5.41, 5.74) is 1.96. The maximum Gasteiger partial charge on any atom is 0.306 e. The van der Waals surface area contributed by atoms with Crippen LogP contribution in [0.5, 0.6) is 0 Å². The number of hydrogen-bond donors (Lipinski definition) is 2. The third kappa shape index (κ3) is 2.73. The number of nitrogens with zero attached hydrogens (tertiary/aromatic N) is 1. The highest BCUT2D eigenvalue weighted by Gasteiger charge is 2.51. The number of aryl methyl sites for hydroxylation is 1. The molecule has 2 aliphatic rings. The van der Waals surface area contributed by atoms with E-state index in [2.05, 4.69) is 24.4 Å². The number of carbonyl (C=O) groups is 1. The lowest BCUT2D eigenvalue weighted by atomic mass is 9.66. The highest BCUT2D eigenvalue weighted by molar-refractivity contribution is 5.83. The Hall–Kier alpha value is -2.14. The number of rotatable bonds is 3. The molecule has 2 fully saturated rings. The molecule has 1 aromatic carbocycles. The number of ether oxygens (including phenoxy) is 1. The second kappa shape index (κ2) is 5.74. The zero-order chi connectivity index (χ0) is 16.7. The second-order valence-electron chi connectivity index (χ2n) is 7.15. The summed E-state index contributed by atoms with van der Waals surface area (Å²) in [6.07, 6.45) is 3.03. The average Bonchev–Trinajstić information content (AvgIpc) is 2.52. The maximum absolute atomic E-state index is 11.1. The number of nitrogens with one attached hydrogen (secondary N) is 1. The second-order valence-corrected chi connectivity index (χ2v) is 7.15.